The first-order valence-corrected chi connectivity index (χ1v) is 8.28. The number of rotatable bonds is 4. The van der Waals surface area contributed by atoms with Gasteiger partial charge in [-0.1, -0.05) is 11.6 Å². The Kier molecular flexibility index (Phi) is 6.52. The van der Waals surface area contributed by atoms with Crippen LogP contribution in [0.2, 0.25) is 5.02 Å². The summed E-state index contributed by atoms with van der Waals surface area (Å²) in [5.41, 5.74) is 0.430. The zero-order valence-electron chi connectivity index (χ0n) is 13.4. The molecular formula is C16H19ClF3N3O2. The van der Waals surface area contributed by atoms with Crippen molar-refractivity contribution in [2.45, 2.75) is 19.0 Å². The van der Waals surface area contributed by atoms with Gasteiger partial charge in [0.1, 0.15) is 0 Å². The smallest absolute Gasteiger partial charge is 0.350 e. The average Bonchev–Trinajstić information content (AvgIpc) is 2.58. The van der Waals surface area contributed by atoms with Crippen molar-refractivity contribution in [1.82, 2.24) is 15.5 Å². The summed E-state index contributed by atoms with van der Waals surface area (Å²) in [5, 5.41) is 5.65. The number of halogens is 4. The highest BCUT2D eigenvalue weighted by Crippen LogP contribution is 2.32. The van der Waals surface area contributed by atoms with E-state index in [4.69, 9.17) is 11.6 Å². The molecule has 138 valence electrons. The second-order valence-electron chi connectivity index (χ2n) is 5.82. The molecule has 0 bridgehead atoms. The van der Waals surface area contributed by atoms with Crippen molar-refractivity contribution in [3.05, 3.63) is 34.9 Å². The van der Waals surface area contributed by atoms with Gasteiger partial charge in [0.15, 0.2) is 0 Å². The van der Waals surface area contributed by atoms with Crippen molar-refractivity contribution in [3.63, 3.8) is 0 Å². The molecule has 1 aliphatic heterocycles. The third kappa shape index (κ3) is 5.81. The number of carbonyl (C=O) groups is 2. The number of hydrogen-bond acceptors (Lipinski definition) is 2. The van der Waals surface area contributed by atoms with E-state index in [9.17, 15) is 22.8 Å². The van der Waals surface area contributed by atoms with E-state index in [1.54, 1.807) is 24.3 Å². The Morgan fingerprint density at radius 3 is 2.44 bits per heavy atom. The van der Waals surface area contributed by atoms with Crippen LogP contribution in [0, 0.1) is 5.92 Å². The molecular weight excluding hydrogens is 359 g/mol. The number of alkyl halides is 3. The van der Waals surface area contributed by atoms with E-state index in [-0.39, 0.29) is 32.0 Å². The Bertz CT molecular complexity index is 608. The second kappa shape index (κ2) is 8.42. The number of hydrogen-bond donors (Lipinski definition) is 2. The summed E-state index contributed by atoms with van der Waals surface area (Å²) in [4.78, 5) is 25.0. The molecule has 1 fully saturated rings. The number of benzene rings is 1. The molecule has 1 atom stereocenters. The molecule has 1 aromatic rings. The lowest BCUT2D eigenvalue weighted by Crippen LogP contribution is -2.49. The van der Waals surface area contributed by atoms with E-state index in [2.05, 4.69) is 10.6 Å². The first-order valence-electron chi connectivity index (χ1n) is 7.90. The van der Waals surface area contributed by atoms with Crippen molar-refractivity contribution < 1.29 is 22.8 Å². The highest BCUT2D eigenvalue weighted by atomic mass is 35.5. The minimum atomic E-state index is -4.29. The third-order valence-electron chi connectivity index (χ3n) is 3.96. The van der Waals surface area contributed by atoms with Crippen LogP contribution < -0.4 is 10.6 Å². The van der Waals surface area contributed by atoms with Crippen LogP contribution in [-0.2, 0) is 0 Å². The van der Waals surface area contributed by atoms with E-state index in [1.807, 2.05) is 0 Å². The molecule has 1 unspecified atom stereocenters. The minimum Gasteiger partial charge on any atom is -0.350 e. The van der Waals surface area contributed by atoms with Gasteiger partial charge in [0.2, 0.25) is 0 Å². The summed E-state index contributed by atoms with van der Waals surface area (Å²) in [6, 6.07) is 5.77. The van der Waals surface area contributed by atoms with Crippen molar-refractivity contribution in [3.8, 4) is 0 Å². The van der Waals surface area contributed by atoms with Gasteiger partial charge in [0.05, 0.1) is 5.92 Å². The van der Waals surface area contributed by atoms with Crippen molar-refractivity contribution in [1.29, 1.82) is 0 Å². The highest BCUT2D eigenvalue weighted by molar-refractivity contribution is 6.30. The highest BCUT2D eigenvalue weighted by Gasteiger charge is 2.42. The van der Waals surface area contributed by atoms with Gasteiger partial charge >= 0.3 is 12.2 Å². The second-order valence-corrected chi connectivity index (χ2v) is 6.26. The van der Waals surface area contributed by atoms with Crippen LogP contribution in [0.25, 0.3) is 0 Å². The number of carbonyl (C=O) groups excluding carboxylic acids is 2. The number of nitrogens with one attached hydrogen (secondary N) is 2. The molecule has 1 aliphatic rings. The quantitative estimate of drug-likeness (QED) is 0.792. The summed E-state index contributed by atoms with van der Waals surface area (Å²) in [5.74, 6) is -1.79. The van der Waals surface area contributed by atoms with Crippen molar-refractivity contribution in [2.24, 2.45) is 5.92 Å². The first kappa shape index (κ1) is 19.4. The first-order chi connectivity index (χ1) is 11.8. The van der Waals surface area contributed by atoms with Crippen molar-refractivity contribution in [2.75, 3.05) is 26.2 Å². The summed E-state index contributed by atoms with van der Waals surface area (Å²) < 4.78 is 38.2. The molecule has 0 radical (unpaired) electrons. The van der Waals surface area contributed by atoms with E-state index >= 15 is 0 Å². The van der Waals surface area contributed by atoms with Gasteiger partial charge in [-0.25, -0.2) is 4.79 Å². The van der Waals surface area contributed by atoms with Gasteiger partial charge < -0.3 is 15.5 Å². The molecule has 0 saturated carbocycles. The van der Waals surface area contributed by atoms with Crippen LogP contribution >= 0.6 is 11.6 Å². The molecule has 5 nitrogen and oxygen atoms in total. The predicted octanol–water partition coefficient (Wildman–Crippen LogP) is 3.05. The van der Waals surface area contributed by atoms with Gasteiger partial charge in [0, 0.05) is 36.8 Å². The van der Waals surface area contributed by atoms with Crippen LogP contribution in [0.4, 0.5) is 18.0 Å². The average molecular weight is 378 g/mol. The third-order valence-corrected chi connectivity index (χ3v) is 4.22. The van der Waals surface area contributed by atoms with Gasteiger partial charge in [-0.3, -0.25) is 4.79 Å². The molecule has 1 saturated heterocycles. The number of urea groups is 1. The number of likely N-dealkylation sites (tertiary alicyclic amines) is 1. The van der Waals surface area contributed by atoms with E-state index in [1.165, 1.54) is 4.90 Å². The molecule has 9 heteroatoms. The van der Waals surface area contributed by atoms with E-state index in [0.717, 1.165) is 0 Å². The zero-order valence-corrected chi connectivity index (χ0v) is 14.2. The largest absolute Gasteiger partial charge is 0.393 e. The van der Waals surface area contributed by atoms with Crippen molar-refractivity contribution >= 4 is 23.5 Å². The zero-order chi connectivity index (χ0) is 18.4. The topological polar surface area (TPSA) is 61.4 Å². The molecule has 1 heterocycles. The van der Waals surface area contributed by atoms with Crippen LogP contribution in [0.15, 0.2) is 24.3 Å². The normalized spacial score (nSPS) is 17.9. The molecule has 0 aliphatic carbocycles. The lowest BCUT2D eigenvalue weighted by atomic mass is 9.98. The lowest BCUT2D eigenvalue weighted by molar-refractivity contribution is -0.183. The molecule has 2 N–H and O–H groups in total. The molecule has 2 rings (SSSR count). The van der Waals surface area contributed by atoms with Crippen LogP contribution in [0.1, 0.15) is 23.2 Å². The fourth-order valence-corrected chi connectivity index (χ4v) is 2.72. The summed E-state index contributed by atoms with van der Waals surface area (Å²) in [6.45, 7) is 0.275. The summed E-state index contributed by atoms with van der Waals surface area (Å²) in [7, 11) is 0. The van der Waals surface area contributed by atoms with Crippen LogP contribution in [0.5, 0.6) is 0 Å². The maximum Gasteiger partial charge on any atom is 0.393 e. The molecule has 0 aromatic heterocycles. The van der Waals surface area contributed by atoms with Gasteiger partial charge in [-0.15, -0.1) is 0 Å². The summed E-state index contributed by atoms with van der Waals surface area (Å²) >= 11 is 5.74. The minimum absolute atomic E-state index is 0.0461. The van der Waals surface area contributed by atoms with Gasteiger partial charge in [-0.2, -0.15) is 13.2 Å². The van der Waals surface area contributed by atoms with E-state index < -0.39 is 18.1 Å². The Hall–Kier alpha value is -1.96. The summed E-state index contributed by atoms with van der Waals surface area (Å²) in [6.07, 6.45) is -3.92. The lowest BCUT2D eigenvalue weighted by Gasteiger charge is -2.33. The number of amides is 3. The van der Waals surface area contributed by atoms with Gasteiger partial charge in [-0.05, 0) is 37.1 Å². The Morgan fingerprint density at radius 1 is 1.16 bits per heavy atom. The Balaban J connectivity index is 1.71. The Morgan fingerprint density at radius 2 is 1.80 bits per heavy atom. The van der Waals surface area contributed by atoms with Crippen LogP contribution in [-0.4, -0.2) is 49.2 Å². The fourth-order valence-electron chi connectivity index (χ4n) is 2.59. The van der Waals surface area contributed by atoms with Crippen LogP contribution in [0.3, 0.4) is 0 Å². The number of piperidine rings is 1. The standard InChI is InChI=1S/C16H19ClF3N3O2/c17-13-5-3-11(4-6-13)14(24)21-7-8-22-15(25)23-9-1-2-12(10-23)16(18,19)20/h3-6,12H,1-2,7-10H2,(H,21,24)(H,22,25). The maximum atomic E-state index is 12.7. The van der Waals surface area contributed by atoms with E-state index in [0.29, 0.717) is 23.6 Å². The molecule has 1 aromatic carbocycles. The number of nitrogens with zero attached hydrogens (tertiary/aromatic N) is 1. The monoisotopic (exact) mass is 377 g/mol. The fraction of sp³-hybridized carbons (Fsp3) is 0.500. The SMILES string of the molecule is O=C(NCCNC(=O)N1CCCC(C(F)(F)F)C1)c1ccc(Cl)cc1. The Labute approximate surface area is 148 Å². The molecule has 0 spiro atoms. The molecule has 25 heavy (non-hydrogen) atoms. The predicted molar refractivity (Wildman–Crippen MR) is 87.5 cm³/mol. The molecule has 3 amide bonds. The maximum absolute atomic E-state index is 12.7. The van der Waals surface area contributed by atoms with Gasteiger partial charge in [0.25, 0.3) is 5.91 Å².